The Labute approximate surface area is 168 Å². The van der Waals surface area contributed by atoms with Gasteiger partial charge in [0.2, 0.25) is 5.91 Å². The molecule has 0 aromatic heterocycles. The van der Waals surface area contributed by atoms with E-state index in [9.17, 15) is 22.8 Å². The zero-order chi connectivity index (χ0) is 21.9. The number of ketones is 1. The Bertz CT molecular complexity index is 920. The first-order valence-corrected chi connectivity index (χ1v) is 9.65. The highest BCUT2D eigenvalue weighted by atomic mass is 19.4. The van der Waals surface area contributed by atoms with Crippen LogP contribution in [-0.4, -0.2) is 30.0 Å². The number of Topliss-reactive ketones (excluding diaryl/α,β-unsaturated/α-hetero) is 1. The molecule has 0 saturated carbocycles. The Morgan fingerprint density at radius 2 is 1.83 bits per heavy atom. The summed E-state index contributed by atoms with van der Waals surface area (Å²) in [5.41, 5.74) is 1.61. The average molecular weight is 409 g/mol. The van der Waals surface area contributed by atoms with Gasteiger partial charge in [-0.1, -0.05) is 27.7 Å². The van der Waals surface area contributed by atoms with E-state index in [1.165, 1.54) is 6.07 Å². The number of carbonyl (C=O) groups is 2. The highest BCUT2D eigenvalue weighted by molar-refractivity contribution is 6.28. The Morgan fingerprint density at radius 3 is 2.34 bits per heavy atom. The number of hydrogen-bond acceptors (Lipinski definition) is 3. The monoisotopic (exact) mass is 409 g/mol. The van der Waals surface area contributed by atoms with Crippen LogP contribution >= 0.6 is 0 Å². The zero-order valence-corrected chi connectivity index (χ0v) is 17.5. The second-order valence-corrected chi connectivity index (χ2v) is 9.22. The first-order valence-electron chi connectivity index (χ1n) is 9.65. The Morgan fingerprint density at radius 1 is 1.21 bits per heavy atom. The predicted molar refractivity (Wildman–Crippen MR) is 104 cm³/mol. The number of benzene rings is 1. The van der Waals surface area contributed by atoms with Crippen LogP contribution in [0.15, 0.2) is 17.7 Å². The van der Waals surface area contributed by atoms with Crippen molar-refractivity contribution >= 4 is 17.3 Å². The predicted octanol–water partition coefficient (Wildman–Crippen LogP) is 4.56. The minimum atomic E-state index is -4.47. The second-order valence-electron chi connectivity index (χ2n) is 9.22. The standard InChI is InChI=1S/C22H26F3NO3/c1-7-11-8-12(29-10-22(23,24)25)9-13-14(11)16-17(21(5,6)26-19(16)28)15(13)18(27)20(2,3)4/h8-9,16H,7,10H2,1-6H3,(H,26,28). The van der Waals surface area contributed by atoms with Gasteiger partial charge in [0.15, 0.2) is 12.4 Å². The van der Waals surface area contributed by atoms with Crippen LogP contribution in [0.3, 0.4) is 0 Å². The summed E-state index contributed by atoms with van der Waals surface area (Å²) in [6.45, 7) is 9.50. The van der Waals surface area contributed by atoms with E-state index in [4.69, 9.17) is 4.74 Å². The molecular weight excluding hydrogens is 383 g/mol. The number of nitrogens with one attached hydrogen (secondary N) is 1. The number of hydrogen-bond donors (Lipinski definition) is 1. The van der Waals surface area contributed by atoms with Crippen LogP contribution in [0.5, 0.6) is 5.75 Å². The summed E-state index contributed by atoms with van der Waals surface area (Å²) in [6.07, 6.45) is -3.97. The molecule has 7 heteroatoms. The fraction of sp³-hybridized carbons (Fsp3) is 0.545. The normalized spacial score (nSPS) is 20.4. The van der Waals surface area contributed by atoms with Gasteiger partial charge in [-0.15, -0.1) is 0 Å². The minimum absolute atomic E-state index is 0.0518. The van der Waals surface area contributed by atoms with Crippen LogP contribution in [0.2, 0.25) is 0 Å². The Kier molecular flexibility index (Phi) is 4.87. The second kappa shape index (κ2) is 6.61. The van der Waals surface area contributed by atoms with Gasteiger partial charge >= 0.3 is 6.18 Å². The van der Waals surface area contributed by atoms with E-state index in [-0.39, 0.29) is 17.4 Å². The lowest BCUT2D eigenvalue weighted by atomic mass is 9.80. The van der Waals surface area contributed by atoms with E-state index in [0.29, 0.717) is 34.3 Å². The molecule has 1 aromatic carbocycles. The van der Waals surface area contributed by atoms with Crippen molar-refractivity contribution in [1.82, 2.24) is 5.32 Å². The molecule has 2 aliphatic rings. The lowest BCUT2D eigenvalue weighted by Crippen LogP contribution is -2.37. The molecule has 3 rings (SSSR count). The smallest absolute Gasteiger partial charge is 0.422 e. The molecule has 1 atom stereocenters. The van der Waals surface area contributed by atoms with Gasteiger partial charge in [-0.25, -0.2) is 0 Å². The molecule has 1 aliphatic heterocycles. The van der Waals surface area contributed by atoms with Gasteiger partial charge in [-0.05, 0) is 54.7 Å². The summed E-state index contributed by atoms with van der Waals surface area (Å²) in [4.78, 5) is 26.2. The van der Waals surface area contributed by atoms with E-state index < -0.39 is 29.7 Å². The molecule has 1 aromatic rings. The van der Waals surface area contributed by atoms with Crippen molar-refractivity contribution in [2.45, 2.75) is 65.6 Å². The van der Waals surface area contributed by atoms with Crippen LogP contribution in [0.4, 0.5) is 13.2 Å². The van der Waals surface area contributed by atoms with Gasteiger partial charge < -0.3 is 10.1 Å². The Hall–Kier alpha value is -2.31. The van der Waals surface area contributed by atoms with Crippen molar-refractivity contribution in [3.05, 3.63) is 34.4 Å². The quantitative estimate of drug-likeness (QED) is 0.793. The fourth-order valence-corrected chi connectivity index (χ4v) is 4.21. The van der Waals surface area contributed by atoms with E-state index in [1.54, 1.807) is 26.8 Å². The summed E-state index contributed by atoms with van der Waals surface area (Å²) in [5.74, 6) is -0.888. The molecule has 1 unspecified atom stereocenters. The zero-order valence-electron chi connectivity index (χ0n) is 17.5. The summed E-state index contributed by atoms with van der Waals surface area (Å²) in [7, 11) is 0. The van der Waals surface area contributed by atoms with Crippen LogP contribution in [0.1, 0.15) is 64.2 Å². The van der Waals surface area contributed by atoms with Gasteiger partial charge in [0.25, 0.3) is 0 Å². The van der Waals surface area contributed by atoms with Gasteiger partial charge in [-0.3, -0.25) is 9.59 Å². The molecule has 1 amide bonds. The van der Waals surface area contributed by atoms with Gasteiger partial charge in [-0.2, -0.15) is 13.2 Å². The molecule has 1 fully saturated rings. The first-order chi connectivity index (χ1) is 13.2. The maximum atomic E-state index is 13.4. The van der Waals surface area contributed by atoms with Crippen molar-refractivity contribution in [2.75, 3.05) is 6.61 Å². The first kappa shape index (κ1) is 21.4. The molecular formula is C22H26F3NO3. The fourth-order valence-electron chi connectivity index (χ4n) is 4.21. The third kappa shape index (κ3) is 3.67. The molecule has 29 heavy (non-hydrogen) atoms. The largest absolute Gasteiger partial charge is 0.484 e. The van der Waals surface area contributed by atoms with Crippen LogP contribution in [0.25, 0.3) is 5.57 Å². The number of ether oxygens (including phenoxy) is 1. The number of allylic oxidation sites excluding steroid dienone is 1. The molecule has 1 N–H and O–H groups in total. The van der Waals surface area contributed by atoms with Gasteiger partial charge in [0.1, 0.15) is 5.75 Å². The summed E-state index contributed by atoms with van der Waals surface area (Å²) in [6, 6.07) is 3.03. The van der Waals surface area contributed by atoms with Crippen molar-refractivity contribution < 1.29 is 27.5 Å². The number of aryl methyl sites for hydroxylation is 1. The summed E-state index contributed by atoms with van der Waals surface area (Å²) in [5, 5.41) is 2.95. The van der Waals surface area contributed by atoms with E-state index in [1.807, 2.05) is 20.8 Å². The number of carbonyl (C=O) groups excluding carboxylic acids is 2. The third-order valence-corrected chi connectivity index (χ3v) is 5.42. The molecule has 4 nitrogen and oxygen atoms in total. The maximum absolute atomic E-state index is 13.4. The number of alkyl halides is 3. The number of amides is 1. The summed E-state index contributed by atoms with van der Waals surface area (Å²) < 4.78 is 43.0. The number of halogens is 3. The molecule has 0 spiro atoms. The van der Waals surface area contributed by atoms with Crippen LogP contribution in [0, 0.1) is 5.41 Å². The van der Waals surface area contributed by atoms with E-state index in [0.717, 1.165) is 0 Å². The van der Waals surface area contributed by atoms with E-state index in [2.05, 4.69) is 5.32 Å². The van der Waals surface area contributed by atoms with Crippen LogP contribution in [-0.2, 0) is 16.0 Å². The van der Waals surface area contributed by atoms with Crippen molar-refractivity contribution in [2.24, 2.45) is 5.41 Å². The molecule has 0 radical (unpaired) electrons. The minimum Gasteiger partial charge on any atom is -0.484 e. The van der Waals surface area contributed by atoms with Gasteiger partial charge in [0.05, 0.1) is 11.5 Å². The van der Waals surface area contributed by atoms with Crippen molar-refractivity contribution in [3.8, 4) is 5.75 Å². The van der Waals surface area contributed by atoms with Crippen molar-refractivity contribution in [1.29, 1.82) is 0 Å². The van der Waals surface area contributed by atoms with Gasteiger partial charge in [0, 0.05) is 11.0 Å². The molecule has 0 bridgehead atoms. The summed E-state index contributed by atoms with van der Waals surface area (Å²) >= 11 is 0. The van der Waals surface area contributed by atoms with Crippen molar-refractivity contribution in [3.63, 3.8) is 0 Å². The number of rotatable bonds is 4. The molecule has 1 saturated heterocycles. The Balaban J connectivity index is 2.25. The lowest BCUT2D eigenvalue weighted by Gasteiger charge is -2.25. The average Bonchev–Trinajstić information content (AvgIpc) is 3.03. The van der Waals surface area contributed by atoms with E-state index >= 15 is 0 Å². The molecule has 1 aliphatic carbocycles. The lowest BCUT2D eigenvalue weighted by molar-refractivity contribution is -0.153. The third-order valence-electron chi connectivity index (χ3n) is 5.42. The topological polar surface area (TPSA) is 55.4 Å². The molecule has 1 heterocycles. The molecule has 158 valence electrons. The highest BCUT2D eigenvalue weighted by Crippen LogP contribution is 2.53. The maximum Gasteiger partial charge on any atom is 0.422 e. The highest BCUT2D eigenvalue weighted by Gasteiger charge is 2.52. The van der Waals surface area contributed by atoms with Crippen LogP contribution < -0.4 is 10.1 Å². The number of fused-ring (bicyclic) bond motifs is 3. The SMILES string of the molecule is CCc1cc(OCC(F)(F)F)cc2c1C1C(=O)NC(C)(C)C1=C2C(=O)C(C)(C)C.